The van der Waals surface area contributed by atoms with Gasteiger partial charge in [0.1, 0.15) is 0 Å². The minimum atomic E-state index is -2.98. The Kier molecular flexibility index (Phi) is 10.6. The summed E-state index contributed by atoms with van der Waals surface area (Å²) in [5, 5.41) is 8.88. The molecule has 0 amide bonds. The lowest BCUT2D eigenvalue weighted by molar-refractivity contribution is 0.121. The van der Waals surface area contributed by atoms with Gasteiger partial charge in [0.15, 0.2) is 9.84 Å². The maximum Gasteiger partial charge on any atom is 0.152 e. The van der Waals surface area contributed by atoms with E-state index in [0.717, 1.165) is 45.1 Å². The quantitative estimate of drug-likeness (QED) is 0.482. The van der Waals surface area contributed by atoms with Gasteiger partial charge in [-0.1, -0.05) is 20.3 Å². The van der Waals surface area contributed by atoms with Gasteiger partial charge in [-0.3, -0.25) is 0 Å². The molecule has 0 saturated carbocycles. The van der Waals surface area contributed by atoms with Crippen molar-refractivity contribution in [1.29, 1.82) is 0 Å². The number of unbranched alkanes of at least 4 members (excludes halogenated alkanes) is 2. The fourth-order valence-electron chi connectivity index (χ4n) is 2.53. The lowest BCUT2D eigenvalue weighted by Gasteiger charge is -2.24. The zero-order valence-corrected chi connectivity index (χ0v) is 16.7. The number of hydrogen-bond acceptors (Lipinski definition) is 4. The van der Waals surface area contributed by atoms with Gasteiger partial charge in [0.25, 0.3) is 0 Å². The van der Waals surface area contributed by atoms with Crippen LogP contribution in [0.25, 0.3) is 0 Å². The van der Waals surface area contributed by atoms with Gasteiger partial charge in [-0.15, -0.1) is 0 Å². The molecule has 0 aliphatic heterocycles. The molecule has 23 heavy (non-hydrogen) atoms. The van der Waals surface area contributed by atoms with Crippen molar-refractivity contribution in [1.82, 2.24) is 0 Å². The molecule has 0 atom stereocenters. The number of hydrogen-bond donors (Lipinski definition) is 1. The van der Waals surface area contributed by atoms with Gasteiger partial charge >= 0.3 is 0 Å². The van der Waals surface area contributed by atoms with Crippen molar-refractivity contribution in [3.05, 3.63) is 0 Å². The van der Waals surface area contributed by atoms with E-state index in [0.29, 0.717) is 18.4 Å². The van der Waals surface area contributed by atoms with E-state index >= 15 is 0 Å². The standard InChI is InChI=1S/C18H38O4S/c1-17(2,12-10-14-19)11-6-8-15-22-16-9-7-13-18(3,4)23(5,20)21/h19H,6-16H2,1-5H3. The van der Waals surface area contributed by atoms with Crippen LogP contribution in [0.5, 0.6) is 0 Å². The molecule has 0 fully saturated rings. The average Bonchev–Trinajstić information content (AvgIpc) is 2.42. The Balaban J connectivity index is 3.58. The number of rotatable bonds is 14. The second kappa shape index (κ2) is 10.7. The summed E-state index contributed by atoms with van der Waals surface area (Å²) >= 11 is 0. The van der Waals surface area contributed by atoms with Gasteiger partial charge in [0.2, 0.25) is 0 Å². The minimum absolute atomic E-state index is 0.280. The molecule has 0 aliphatic rings. The Morgan fingerprint density at radius 3 is 1.78 bits per heavy atom. The number of sulfone groups is 1. The van der Waals surface area contributed by atoms with Gasteiger partial charge < -0.3 is 9.84 Å². The van der Waals surface area contributed by atoms with Crippen LogP contribution in [0.4, 0.5) is 0 Å². The molecule has 0 aromatic carbocycles. The fraction of sp³-hybridized carbons (Fsp3) is 1.00. The first-order valence-electron chi connectivity index (χ1n) is 8.90. The average molecular weight is 351 g/mol. The number of ether oxygens (including phenoxy) is 1. The van der Waals surface area contributed by atoms with E-state index in [1.54, 1.807) is 13.8 Å². The first-order chi connectivity index (χ1) is 10.5. The van der Waals surface area contributed by atoms with Crippen molar-refractivity contribution in [2.24, 2.45) is 5.41 Å². The molecule has 0 aromatic heterocycles. The summed E-state index contributed by atoms with van der Waals surface area (Å²) in [6.45, 7) is 9.88. The predicted octanol–water partition coefficient (Wildman–Crippen LogP) is 3.97. The molecule has 0 radical (unpaired) electrons. The Labute approximate surface area is 143 Å². The van der Waals surface area contributed by atoms with Gasteiger partial charge in [0, 0.05) is 26.1 Å². The molecule has 0 rings (SSSR count). The topological polar surface area (TPSA) is 63.6 Å². The molecule has 0 saturated heterocycles. The molecular weight excluding hydrogens is 312 g/mol. The Morgan fingerprint density at radius 1 is 0.826 bits per heavy atom. The summed E-state index contributed by atoms with van der Waals surface area (Å²) in [5.41, 5.74) is 0.306. The van der Waals surface area contributed by atoms with Crippen LogP contribution in [-0.2, 0) is 14.6 Å². The van der Waals surface area contributed by atoms with Crippen LogP contribution in [0.15, 0.2) is 0 Å². The second-order valence-electron chi connectivity index (χ2n) is 8.05. The van der Waals surface area contributed by atoms with Crippen LogP contribution in [-0.4, -0.2) is 44.3 Å². The summed E-state index contributed by atoms with van der Waals surface area (Å²) in [5.74, 6) is 0. The normalized spacial score (nSPS) is 13.5. The third-order valence-electron chi connectivity index (χ3n) is 4.73. The number of aliphatic hydroxyl groups is 1. The highest BCUT2D eigenvalue weighted by molar-refractivity contribution is 7.92. The van der Waals surface area contributed by atoms with E-state index in [-0.39, 0.29) is 6.61 Å². The van der Waals surface area contributed by atoms with E-state index in [4.69, 9.17) is 9.84 Å². The maximum atomic E-state index is 11.6. The molecule has 0 bridgehead atoms. The van der Waals surface area contributed by atoms with Gasteiger partial charge in [-0.25, -0.2) is 8.42 Å². The Hall–Kier alpha value is -0.130. The summed E-state index contributed by atoms with van der Waals surface area (Å²) in [4.78, 5) is 0. The molecular formula is C18H38O4S. The zero-order chi connectivity index (χ0) is 18.0. The van der Waals surface area contributed by atoms with E-state index in [1.807, 2.05) is 0 Å². The highest BCUT2D eigenvalue weighted by Crippen LogP contribution is 2.28. The summed E-state index contributed by atoms with van der Waals surface area (Å²) in [6, 6.07) is 0. The first-order valence-corrected chi connectivity index (χ1v) is 10.8. The summed E-state index contributed by atoms with van der Waals surface area (Å²) < 4.78 is 28.2. The first kappa shape index (κ1) is 22.9. The van der Waals surface area contributed by atoms with Crippen LogP contribution in [0.3, 0.4) is 0 Å². The molecule has 0 aromatic rings. The minimum Gasteiger partial charge on any atom is -0.396 e. The highest BCUT2D eigenvalue weighted by Gasteiger charge is 2.29. The third-order valence-corrected chi connectivity index (χ3v) is 6.94. The molecule has 0 unspecified atom stereocenters. The van der Waals surface area contributed by atoms with Crippen LogP contribution in [0, 0.1) is 5.41 Å². The highest BCUT2D eigenvalue weighted by atomic mass is 32.2. The van der Waals surface area contributed by atoms with Crippen LogP contribution in [0.1, 0.15) is 79.1 Å². The molecule has 5 heteroatoms. The lowest BCUT2D eigenvalue weighted by atomic mass is 9.83. The SMILES string of the molecule is CC(C)(CCCO)CCCCOCCCCC(C)(C)S(C)(=O)=O. The molecule has 0 aliphatic carbocycles. The molecule has 0 spiro atoms. The van der Waals surface area contributed by atoms with Gasteiger partial charge in [0.05, 0.1) is 4.75 Å². The van der Waals surface area contributed by atoms with E-state index in [1.165, 1.54) is 12.7 Å². The van der Waals surface area contributed by atoms with Crippen molar-refractivity contribution in [2.75, 3.05) is 26.1 Å². The fourth-order valence-corrected chi connectivity index (χ4v) is 3.05. The van der Waals surface area contributed by atoms with Crippen molar-refractivity contribution < 1.29 is 18.3 Å². The maximum absolute atomic E-state index is 11.6. The van der Waals surface area contributed by atoms with Gasteiger partial charge in [-0.2, -0.15) is 0 Å². The monoisotopic (exact) mass is 350 g/mol. The van der Waals surface area contributed by atoms with E-state index < -0.39 is 14.6 Å². The Bertz CT molecular complexity index is 399. The van der Waals surface area contributed by atoms with Crippen molar-refractivity contribution in [3.8, 4) is 0 Å². The van der Waals surface area contributed by atoms with Crippen LogP contribution in [0.2, 0.25) is 0 Å². The largest absolute Gasteiger partial charge is 0.396 e. The van der Waals surface area contributed by atoms with Crippen molar-refractivity contribution >= 4 is 9.84 Å². The summed E-state index contributed by atoms with van der Waals surface area (Å²) in [7, 11) is -2.98. The molecule has 0 heterocycles. The van der Waals surface area contributed by atoms with Crippen molar-refractivity contribution in [3.63, 3.8) is 0 Å². The zero-order valence-electron chi connectivity index (χ0n) is 15.9. The Morgan fingerprint density at radius 2 is 1.30 bits per heavy atom. The lowest BCUT2D eigenvalue weighted by Crippen LogP contribution is -2.30. The van der Waals surface area contributed by atoms with Crippen molar-refractivity contribution in [2.45, 2.75) is 83.8 Å². The smallest absolute Gasteiger partial charge is 0.152 e. The number of aliphatic hydroxyl groups excluding tert-OH is 1. The predicted molar refractivity (Wildman–Crippen MR) is 97.5 cm³/mol. The van der Waals surface area contributed by atoms with Gasteiger partial charge in [-0.05, 0) is 64.2 Å². The molecule has 4 nitrogen and oxygen atoms in total. The van der Waals surface area contributed by atoms with Crippen LogP contribution >= 0.6 is 0 Å². The van der Waals surface area contributed by atoms with Crippen LogP contribution < -0.4 is 0 Å². The third kappa shape index (κ3) is 11.1. The van der Waals surface area contributed by atoms with E-state index in [9.17, 15) is 8.42 Å². The molecule has 1 N–H and O–H groups in total. The van der Waals surface area contributed by atoms with E-state index in [2.05, 4.69) is 13.8 Å². The second-order valence-corrected chi connectivity index (χ2v) is 10.7. The molecule has 140 valence electrons. The summed E-state index contributed by atoms with van der Waals surface area (Å²) in [6.07, 6.45) is 9.14.